The lowest BCUT2D eigenvalue weighted by Crippen LogP contribution is -2.22. The number of hydrogen-bond acceptors (Lipinski definition) is 5. The third kappa shape index (κ3) is 6.74. The largest absolute Gasteiger partial charge is 0.443 e. The minimum atomic E-state index is 0.454. The van der Waals surface area contributed by atoms with E-state index in [0.717, 1.165) is 31.2 Å². The van der Waals surface area contributed by atoms with Crippen LogP contribution in [0.3, 0.4) is 0 Å². The molecule has 18 heavy (non-hydrogen) atoms. The van der Waals surface area contributed by atoms with Gasteiger partial charge >= 0.3 is 0 Å². The summed E-state index contributed by atoms with van der Waals surface area (Å²) in [5.74, 6) is 2.20. The maximum Gasteiger partial charge on any atom is 0.195 e. The lowest BCUT2D eigenvalue weighted by atomic mass is 10.2. The summed E-state index contributed by atoms with van der Waals surface area (Å²) >= 11 is 0. The molecule has 5 nitrogen and oxygen atoms in total. The summed E-state index contributed by atoms with van der Waals surface area (Å²) in [5, 5.41) is 3.35. The number of methoxy groups -OCH3 is 1. The Morgan fingerprint density at radius 2 is 2.22 bits per heavy atom. The first-order chi connectivity index (χ1) is 8.72. The summed E-state index contributed by atoms with van der Waals surface area (Å²) in [6.07, 6.45) is 2.54. The van der Waals surface area contributed by atoms with Crippen molar-refractivity contribution in [2.75, 3.05) is 33.4 Å². The molecular weight excluding hydrogens is 232 g/mol. The molecule has 0 radical (unpaired) electrons. The minimum absolute atomic E-state index is 0.454. The van der Waals surface area contributed by atoms with Crippen molar-refractivity contribution in [3.63, 3.8) is 0 Å². The first-order valence-corrected chi connectivity index (χ1v) is 6.43. The van der Waals surface area contributed by atoms with E-state index >= 15 is 0 Å². The van der Waals surface area contributed by atoms with Gasteiger partial charge in [0.2, 0.25) is 0 Å². The maximum absolute atomic E-state index is 5.55. The highest BCUT2D eigenvalue weighted by Crippen LogP contribution is 2.05. The van der Waals surface area contributed by atoms with E-state index in [4.69, 9.17) is 13.9 Å². The zero-order chi connectivity index (χ0) is 13.2. The zero-order valence-corrected chi connectivity index (χ0v) is 11.6. The molecule has 0 fully saturated rings. The van der Waals surface area contributed by atoms with E-state index in [9.17, 15) is 0 Å². The average Bonchev–Trinajstić information content (AvgIpc) is 2.78. The van der Waals surface area contributed by atoms with E-state index in [1.807, 2.05) is 0 Å². The second-order valence-electron chi connectivity index (χ2n) is 4.61. The third-order valence-electron chi connectivity index (χ3n) is 2.35. The zero-order valence-electron chi connectivity index (χ0n) is 11.6. The second-order valence-corrected chi connectivity index (χ2v) is 4.61. The molecule has 1 aromatic heterocycles. The number of oxazole rings is 1. The third-order valence-corrected chi connectivity index (χ3v) is 2.35. The van der Waals surface area contributed by atoms with Crippen LogP contribution in [0.5, 0.6) is 0 Å². The molecule has 0 spiro atoms. The Kier molecular flexibility index (Phi) is 7.64. The van der Waals surface area contributed by atoms with E-state index in [-0.39, 0.29) is 0 Å². The van der Waals surface area contributed by atoms with Crippen LogP contribution in [0.25, 0.3) is 0 Å². The van der Waals surface area contributed by atoms with Gasteiger partial charge in [-0.15, -0.1) is 0 Å². The number of nitrogens with zero attached hydrogens (tertiary/aromatic N) is 1. The van der Waals surface area contributed by atoms with Gasteiger partial charge in [-0.3, -0.25) is 0 Å². The Hall–Kier alpha value is -0.910. The van der Waals surface area contributed by atoms with Crippen molar-refractivity contribution in [2.45, 2.75) is 26.9 Å². The molecule has 0 aromatic carbocycles. The van der Waals surface area contributed by atoms with Crippen LogP contribution >= 0.6 is 0 Å². The predicted octanol–water partition coefficient (Wildman–Crippen LogP) is 1.63. The summed E-state index contributed by atoms with van der Waals surface area (Å²) in [6, 6.07) is 0. The van der Waals surface area contributed by atoms with Gasteiger partial charge in [0.05, 0.1) is 19.4 Å². The van der Waals surface area contributed by atoms with Crippen molar-refractivity contribution >= 4 is 0 Å². The standard InChI is InChI=1S/C13H24N2O3/c1-11(2)8-14-5-4-13-15-9-12(18-13)10-17-7-6-16-3/h9,11,14H,4-8,10H2,1-3H3. The summed E-state index contributed by atoms with van der Waals surface area (Å²) in [6.45, 7) is 7.91. The SMILES string of the molecule is COCCOCc1cnc(CCNCC(C)C)o1. The molecule has 1 N–H and O–H groups in total. The van der Waals surface area contributed by atoms with Gasteiger partial charge in [0, 0.05) is 20.1 Å². The van der Waals surface area contributed by atoms with Crippen LogP contribution in [0.1, 0.15) is 25.5 Å². The topological polar surface area (TPSA) is 56.5 Å². The van der Waals surface area contributed by atoms with E-state index in [1.165, 1.54) is 0 Å². The normalized spacial score (nSPS) is 11.3. The van der Waals surface area contributed by atoms with E-state index in [1.54, 1.807) is 13.3 Å². The minimum Gasteiger partial charge on any atom is -0.443 e. The van der Waals surface area contributed by atoms with Crippen molar-refractivity contribution in [1.29, 1.82) is 0 Å². The van der Waals surface area contributed by atoms with Crippen molar-refractivity contribution in [3.8, 4) is 0 Å². The van der Waals surface area contributed by atoms with Gasteiger partial charge in [0.25, 0.3) is 0 Å². The number of hydrogen-bond donors (Lipinski definition) is 1. The Labute approximate surface area is 109 Å². The van der Waals surface area contributed by atoms with Crippen LogP contribution in [0.4, 0.5) is 0 Å². The van der Waals surface area contributed by atoms with Crippen LogP contribution in [0.2, 0.25) is 0 Å². The van der Waals surface area contributed by atoms with Crippen LogP contribution < -0.4 is 5.32 Å². The summed E-state index contributed by atoms with van der Waals surface area (Å²) < 4.78 is 15.8. The van der Waals surface area contributed by atoms with Gasteiger partial charge in [-0.2, -0.15) is 0 Å². The Bertz CT molecular complexity index is 313. The quantitative estimate of drug-likeness (QED) is 0.645. The Balaban J connectivity index is 2.13. The number of ether oxygens (including phenoxy) is 2. The lowest BCUT2D eigenvalue weighted by molar-refractivity contribution is 0.0534. The van der Waals surface area contributed by atoms with Crippen molar-refractivity contribution in [3.05, 3.63) is 17.8 Å². The fraction of sp³-hybridized carbons (Fsp3) is 0.769. The second kappa shape index (κ2) is 9.08. The summed E-state index contributed by atoms with van der Waals surface area (Å²) in [4.78, 5) is 4.21. The first kappa shape index (κ1) is 15.1. The molecule has 0 aliphatic carbocycles. The van der Waals surface area contributed by atoms with Crippen LogP contribution in [-0.2, 0) is 22.5 Å². The van der Waals surface area contributed by atoms with E-state index < -0.39 is 0 Å². The molecular formula is C13H24N2O3. The number of nitrogens with one attached hydrogen (secondary N) is 1. The smallest absolute Gasteiger partial charge is 0.195 e. The van der Waals surface area contributed by atoms with Crippen LogP contribution in [-0.4, -0.2) is 38.4 Å². The van der Waals surface area contributed by atoms with Crippen molar-refractivity contribution in [2.24, 2.45) is 5.92 Å². The van der Waals surface area contributed by atoms with Crippen LogP contribution in [0, 0.1) is 5.92 Å². The molecule has 0 bridgehead atoms. The first-order valence-electron chi connectivity index (χ1n) is 6.43. The van der Waals surface area contributed by atoms with Crippen molar-refractivity contribution < 1.29 is 13.9 Å². The van der Waals surface area contributed by atoms with Gasteiger partial charge in [0.15, 0.2) is 5.89 Å². The maximum atomic E-state index is 5.55. The Morgan fingerprint density at radius 3 is 2.94 bits per heavy atom. The fourth-order valence-electron chi connectivity index (χ4n) is 1.43. The Morgan fingerprint density at radius 1 is 1.39 bits per heavy atom. The number of rotatable bonds is 10. The summed E-state index contributed by atoms with van der Waals surface area (Å²) in [5.41, 5.74) is 0. The predicted molar refractivity (Wildman–Crippen MR) is 69.4 cm³/mol. The molecule has 5 heteroatoms. The molecule has 1 aromatic rings. The fourth-order valence-corrected chi connectivity index (χ4v) is 1.43. The van der Waals surface area contributed by atoms with E-state index in [2.05, 4.69) is 24.1 Å². The average molecular weight is 256 g/mol. The molecule has 1 heterocycles. The van der Waals surface area contributed by atoms with Gasteiger partial charge in [-0.25, -0.2) is 4.98 Å². The molecule has 0 unspecified atom stereocenters. The highest BCUT2D eigenvalue weighted by Gasteiger charge is 2.04. The molecule has 0 aliphatic heterocycles. The molecule has 0 aliphatic rings. The number of aromatic nitrogens is 1. The van der Waals surface area contributed by atoms with Gasteiger partial charge in [0.1, 0.15) is 12.4 Å². The van der Waals surface area contributed by atoms with Gasteiger partial charge < -0.3 is 19.2 Å². The summed E-state index contributed by atoms with van der Waals surface area (Å²) in [7, 11) is 1.65. The molecule has 0 atom stereocenters. The highest BCUT2D eigenvalue weighted by atomic mass is 16.5. The highest BCUT2D eigenvalue weighted by molar-refractivity contribution is 4.93. The molecule has 0 saturated carbocycles. The molecule has 1 rings (SSSR count). The van der Waals surface area contributed by atoms with E-state index in [0.29, 0.717) is 25.7 Å². The van der Waals surface area contributed by atoms with Crippen LogP contribution in [0.15, 0.2) is 10.6 Å². The molecule has 104 valence electrons. The molecule has 0 amide bonds. The van der Waals surface area contributed by atoms with Gasteiger partial charge in [-0.1, -0.05) is 13.8 Å². The van der Waals surface area contributed by atoms with Crippen molar-refractivity contribution in [1.82, 2.24) is 10.3 Å². The monoisotopic (exact) mass is 256 g/mol. The van der Waals surface area contributed by atoms with Gasteiger partial charge in [-0.05, 0) is 12.5 Å². The lowest BCUT2D eigenvalue weighted by Gasteiger charge is -2.05. The molecule has 0 saturated heterocycles.